The molecule has 2 saturated heterocycles. The summed E-state index contributed by atoms with van der Waals surface area (Å²) >= 11 is 0. The predicted octanol–water partition coefficient (Wildman–Crippen LogP) is 1.18. The van der Waals surface area contributed by atoms with Crippen molar-refractivity contribution in [1.29, 1.82) is 0 Å². The lowest BCUT2D eigenvalue weighted by molar-refractivity contribution is -0.136. The topological polar surface area (TPSA) is 113 Å². The van der Waals surface area contributed by atoms with E-state index < -0.39 is 23.8 Å². The summed E-state index contributed by atoms with van der Waals surface area (Å²) in [5.41, 5.74) is 7.73. The maximum Gasteiger partial charge on any atom is 0.262 e. The Bertz CT molecular complexity index is 924. The molecule has 3 heterocycles. The molecule has 30 heavy (non-hydrogen) atoms. The van der Waals surface area contributed by atoms with Crippen LogP contribution in [0.4, 0.5) is 0 Å². The summed E-state index contributed by atoms with van der Waals surface area (Å²) in [5, 5.41) is 2.23. The number of nitrogens with two attached hydrogens (primary N) is 1. The third kappa shape index (κ3) is 3.15. The van der Waals surface area contributed by atoms with Crippen molar-refractivity contribution in [2.75, 3.05) is 6.54 Å². The van der Waals surface area contributed by atoms with Crippen LogP contribution in [0.3, 0.4) is 0 Å². The highest BCUT2D eigenvalue weighted by Crippen LogP contribution is 2.38. The van der Waals surface area contributed by atoms with Gasteiger partial charge in [0.2, 0.25) is 11.8 Å². The van der Waals surface area contributed by atoms with Crippen LogP contribution in [0.1, 0.15) is 72.2 Å². The van der Waals surface area contributed by atoms with Crippen LogP contribution >= 0.6 is 0 Å². The van der Waals surface area contributed by atoms with Gasteiger partial charge in [0.05, 0.1) is 11.1 Å². The minimum Gasteiger partial charge on any atom is -0.326 e. The molecule has 0 bridgehead atoms. The molecule has 0 radical (unpaired) electrons. The number of carbonyl (C=O) groups is 4. The molecule has 4 amide bonds. The van der Waals surface area contributed by atoms with Crippen molar-refractivity contribution in [3.05, 3.63) is 34.9 Å². The molecule has 3 aliphatic heterocycles. The Morgan fingerprint density at radius 3 is 2.53 bits per heavy atom. The fourth-order valence-electron chi connectivity index (χ4n) is 5.30. The highest BCUT2D eigenvalue weighted by molar-refractivity contribution is 6.24. The standard InChI is InChI=1S/C22H28N4O4/c1-3-22(4-2)10-14(23)12-25(22)11-13-6-5-7-15-18(13)21(30)26(20(15)29)16-8-9-17(27)24-19(16)28/h5-7,14,16H,3-4,8-12,23H2,1-2H3,(H,24,27,28). The van der Waals surface area contributed by atoms with Gasteiger partial charge in [-0.05, 0) is 37.3 Å². The number of hydrogen-bond donors (Lipinski definition) is 2. The number of fused-ring (bicyclic) bond motifs is 1. The maximum atomic E-state index is 13.3. The first-order chi connectivity index (χ1) is 14.3. The molecule has 2 fully saturated rings. The predicted molar refractivity (Wildman–Crippen MR) is 109 cm³/mol. The number of hydrogen-bond acceptors (Lipinski definition) is 6. The first-order valence-corrected chi connectivity index (χ1v) is 10.7. The molecule has 4 rings (SSSR count). The zero-order valence-corrected chi connectivity index (χ0v) is 17.4. The Morgan fingerprint density at radius 1 is 1.13 bits per heavy atom. The lowest BCUT2D eigenvalue weighted by Gasteiger charge is -2.37. The van der Waals surface area contributed by atoms with Crippen LogP contribution in [0.5, 0.6) is 0 Å². The van der Waals surface area contributed by atoms with Gasteiger partial charge in [-0.3, -0.25) is 34.3 Å². The van der Waals surface area contributed by atoms with Crippen molar-refractivity contribution in [3.63, 3.8) is 0 Å². The van der Waals surface area contributed by atoms with E-state index in [-0.39, 0.29) is 30.3 Å². The second-order valence-corrected chi connectivity index (χ2v) is 8.56. The highest BCUT2D eigenvalue weighted by atomic mass is 16.2. The van der Waals surface area contributed by atoms with Crippen molar-refractivity contribution < 1.29 is 19.2 Å². The van der Waals surface area contributed by atoms with Gasteiger partial charge in [0, 0.05) is 31.1 Å². The number of carbonyl (C=O) groups excluding carboxylic acids is 4. The van der Waals surface area contributed by atoms with Gasteiger partial charge in [0.15, 0.2) is 0 Å². The normalized spacial score (nSPS) is 26.3. The van der Waals surface area contributed by atoms with Crippen molar-refractivity contribution in [2.45, 2.75) is 70.1 Å². The fourth-order valence-corrected chi connectivity index (χ4v) is 5.30. The van der Waals surface area contributed by atoms with Crippen LogP contribution in [0.2, 0.25) is 0 Å². The second-order valence-electron chi connectivity index (χ2n) is 8.56. The molecule has 1 aromatic rings. The summed E-state index contributed by atoms with van der Waals surface area (Å²) in [6.07, 6.45) is 3.09. The van der Waals surface area contributed by atoms with Gasteiger partial charge in [-0.1, -0.05) is 26.0 Å². The van der Waals surface area contributed by atoms with Crippen molar-refractivity contribution >= 4 is 23.6 Å². The molecular weight excluding hydrogens is 384 g/mol. The number of rotatable bonds is 5. The monoisotopic (exact) mass is 412 g/mol. The zero-order valence-electron chi connectivity index (χ0n) is 17.4. The van der Waals surface area contributed by atoms with E-state index in [1.54, 1.807) is 12.1 Å². The average molecular weight is 412 g/mol. The molecule has 3 aliphatic rings. The quantitative estimate of drug-likeness (QED) is 0.702. The summed E-state index contributed by atoms with van der Waals surface area (Å²) in [6.45, 7) is 5.58. The molecule has 160 valence electrons. The average Bonchev–Trinajstić information content (AvgIpc) is 3.17. The number of benzene rings is 1. The third-order valence-electron chi connectivity index (χ3n) is 7.00. The minimum atomic E-state index is -0.950. The minimum absolute atomic E-state index is 0.0168. The first kappa shape index (κ1) is 20.7. The summed E-state index contributed by atoms with van der Waals surface area (Å²) in [5.74, 6) is -1.90. The fraction of sp³-hybridized carbons (Fsp3) is 0.545. The van der Waals surface area contributed by atoms with E-state index in [2.05, 4.69) is 24.1 Å². The Kier molecular flexibility index (Phi) is 5.23. The van der Waals surface area contributed by atoms with Crippen LogP contribution < -0.4 is 11.1 Å². The van der Waals surface area contributed by atoms with Gasteiger partial charge >= 0.3 is 0 Å². The van der Waals surface area contributed by atoms with E-state index in [4.69, 9.17) is 5.73 Å². The highest BCUT2D eigenvalue weighted by Gasteiger charge is 2.47. The van der Waals surface area contributed by atoms with E-state index in [0.717, 1.165) is 36.3 Å². The lowest BCUT2D eigenvalue weighted by Crippen LogP contribution is -2.54. The van der Waals surface area contributed by atoms with Crippen molar-refractivity contribution in [1.82, 2.24) is 15.1 Å². The summed E-state index contributed by atoms with van der Waals surface area (Å²) in [6, 6.07) is 4.42. The molecule has 8 nitrogen and oxygen atoms in total. The Labute approximate surface area is 175 Å². The SMILES string of the molecule is CCC1(CC)CC(N)CN1Cc1cccc2c1C(=O)N(C1CCC(=O)NC1=O)C2=O. The van der Waals surface area contributed by atoms with E-state index in [0.29, 0.717) is 17.7 Å². The summed E-state index contributed by atoms with van der Waals surface area (Å²) in [4.78, 5) is 53.4. The number of nitrogens with zero attached hydrogens (tertiary/aromatic N) is 2. The molecule has 0 aromatic heterocycles. The Hall–Kier alpha value is -2.58. The lowest BCUT2D eigenvalue weighted by atomic mass is 9.88. The van der Waals surface area contributed by atoms with Gasteiger partial charge in [0.1, 0.15) is 6.04 Å². The van der Waals surface area contributed by atoms with Crippen molar-refractivity contribution in [2.24, 2.45) is 5.73 Å². The summed E-state index contributed by atoms with van der Waals surface area (Å²) < 4.78 is 0. The van der Waals surface area contributed by atoms with Crippen LogP contribution in [-0.2, 0) is 16.1 Å². The molecule has 0 spiro atoms. The van der Waals surface area contributed by atoms with Gasteiger partial charge in [0.25, 0.3) is 11.8 Å². The van der Waals surface area contributed by atoms with Crippen LogP contribution in [-0.4, -0.2) is 57.6 Å². The third-order valence-corrected chi connectivity index (χ3v) is 7.00. The Balaban J connectivity index is 1.65. The van der Waals surface area contributed by atoms with Gasteiger partial charge in [-0.2, -0.15) is 0 Å². The number of amides is 4. The molecule has 2 atom stereocenters. The van der Waals surface area contributed by atoms with Gasteiger partial charge in [-0.25, -0.2) is 0 Å². The van der Waals surface area contributed by atoms with Gasteiger partial charge < -0.3 is 5.73 Å². The molecular formula is C22H28N4O4. The second kappa shape index (κ2) is 7.59. The smallest absolute Gasteiger partial charge is 0.262 e. The molecule has 0 saturated carbocycles. The number of likely N-dealkylation sites (tertiary alicyclic amines) is 1. The van der Waals surface area contributed by atoms with E-state index in [9.17, 15) is 19.2 Å². The molecule has 1 aromatic carbocycles. The number of imide groups is 2. The van der Waals surface area contributed by atoms with Gasteiger partial charge in [-0.15, -0.1) is 0 Å². The van der Waals surface area contributed by atoms with Crippen molar-refractivity contribution in [3.8, 4) is 0 Å². The largest absolute Gasteiger partial charge is 0.326 e. The van der Waals surface area contributed by atoms with Crippen LogP contribution in [0.25, 0.3) is 0 Å². The molecule has 0 aliphatic carbocycles. The molecule has 2 unspecified atom stereocenters. The van der Waals surface area contributed by atoms with E-state index in [1.807, 2.05) is 6.07 Å². The Morgan fingerprint density at radius 2 is 1.87 bits per heavy atom. The number of nitrogens with one attached hydrogen (secondary N) is 1. The molecule has 8 heteroatoms. The number of piperidine rings is 1. The van der Waals surface area contributed by atoms with Crippen LogP contribution in [0, 0.1) is 0 Å². The van der Waals surface area contributed by atoms with E-state index >= 15 is 0 Å². The molecule has 3 N–H and O–H groups in total. The summed E-state index contributed by atoms with van der Waals surface area (Å²) in [7, 11) is 0. The first-order valence-electron chi connectivity index (χ1n) is 10.7. The van der Waals surface area contributed by atoms with E-state index in [1.165, 1.54) is 0 Å². The maximum absolute atomic E-state index is 13.3. The van der Waals surface area contributed by atoms with Crippen LogP contribution in [0.15, 0.2) is 18.2 Å². The zero-order chi connectivity index (χ0) is 21.6.